The molecule has 0 radical (unpaired) electrons. The van der Waals surface area contributed by atoms with Crippen LogP contribution in [0.3, 0.4) is 0 Å². The van der Waals surface area contributed by atoms with Crippen molar-refractivity contribution in [1.29, 1.82) is 0 Å². The number of hydrogen-bond donors (Lipinski definition) is 3. The van der Waals surface area contributed by atoms with E-state index in [0.29, 0.717) is 0 Å². The smallest absolute Gasteiger partial charge is 0.248 e. The van der Waals surface area contributed by atoms with E-state index in [1.54, 1.807) is 7.05 Å². The van der Waals surface area contributed by atoms with Crippen molar-refractivity contribution in [3.05, 3.63) is 28.8 Å². The van der Waals surface area contributed by atoms with Gasteiger partial charge in [0.25, 0.3) is 0 Å². The summed E-state index contributed by atoms with van der Waals surface area (Å²) in [7, 11) is -2.00. The maximum absolute atomic E-state index is 12.0. The highest BCUT2D eigenvalue weighted by molar-refractivity contribution is 7.89. The second-order valence-electron chi connectivity index (χ2n) is 4.08. The minimum absolute atomic E-state index is 0. The maximum Gasteiger partial charge on any atom is 0.248 e. The normalized spacial score (nSPS) is 12.6. The molecule has 1 atom stereocenters. The van der Waals surface area contributed by atoms with Crippen molar-refractivity contribution in [2.75, 3.05) is 13.6 Å². The lowest BCUT2D eigenvalue weighted by molar-refractivity contribution is 0.1000. The van der Waals surface area contributed by atoms with Crippen LogP contribution in [-0.2, 0) is 10.0 Å². The third-order valence-electron chi connectivity index (χ3n) is 2.54. The molecule has 1 aromatic carbocycles. The minimum atomic E-state index is -3.73. The molecule has 0 aliphatic rings. The Balaban J connectivity index is 0.00000361. The summed E-state index contributed by atoms with van der Waals surface area (Å²) in [6.07, 6.45) is 0. The van der Waals surface area contributed by atoms with Crippen molar-refractivity contribution in [2.24, 2.45) is 5.73 Å². The Bertz CT molecular complexity index is 578. The molecule has 0 spiro atoms. The molecule has 1 unspecified atom stereocenters. The zero-order chi connectivity index (χ0) is 14.6. The molecular formula is C11H17Cl2N3O3S. The average molecular weight is 342 g/mol. The first-order valence-corrected chi connectivity index (χ1v) is 7.39. The summed E-state index contributed by atoms with van der Waals surface area (Å²) in [6.45, 7) is 2.05. The molecule has 0 heterocycles. The molecule has 1 rings (SSSR count). The summed E-state index contributed by atoms with van der Waals surface area (Å²) in [5.74, 6) is -0.734. The van der Waals surface area contributed by atoms with E-state index in [0.717, 1.165) is 0 Å². The van der Waals surface area contributed by atoms with E-state index in [1.165, 1.54) is 18.2 Å². The molecule has 114 valence electrons. The molecule has 0 bridgehead atoms. The van der Waals surface area contributed by atoms with Crippen LogP contribution < -0.4 is 15.8 Å². The molecule has 0 aliphatic heterocycles. The number of rotatable bonds is 6. The lowest BCUT2D eigenvalue weighted by atomic mass is 10.2. The van der Waals surface area contributed by atoms with Crippen molar-refractivity contribution in [1.82, 2.24) is 10.0 Å². The van der Waals surface area contributed by atoms with Crippen LogP contribution in [0, 0.1) is 0 Å². The Morgan fingerprint density at radius 3 is 2.50 bits per heavy atom. The van der Waals surface area contributed by atoms with E-state index >= 15 is 0 Å². The zero-order valence-electron chi connectivity index (χ0n) is 11.0. The molecule has 1 amide bonds. The van der Waals surface area contributed by atoms with E-state index in [2.05, 4.69) is 10.0 Å². The molecule has 20 heavy (non-hydrogen) atoms. The predicted octanol–water partition coefficient (Wildman–Crippen LogP) is 0.747. The van der Waals surface area contributed by atoms with Gasteiger partial charge >= 0.3 is 0 Å². The van der Waals surface area contributed by atoms with Crippen LogP contribution in [0.4, 0.5) is 0 Å². The molecule has 9 heteroatoms. The Morgan fingerprint density at radius 1 is 1.40 bits per heavy atom. The van der Waals surface area contributed by atoms with Gasteiger partial charge in [0, 0.05) is 23.2 Å². The van der Waals surface area contributed by atoms with Crippen LogP contribution in [-0.4, -0.2) is 34.0 Å². The van der Waals surface area contributed by atoms with Gasteiger partial charge in [-0.05, 0) is 32.2 Å². The summed E-state index contributed by atoms with van der Waals surface area (Å²) < 4.78 is 26.5. The fourth-order valence-electron chi connectivity index (χ4n) is 1.28. The highest BCUT2D eigenvalue weighted by Crippen LogP contribution is 2.18. The first-order valence-electron chi connectivity index (χ1n) is 5.53. The lowest BCUT2D eigenvalue weighted by Crippen LogP contribution is -2.37. The number of sulfonamides is 1. The standard InChI is InChI=1S/C11H16ClN3O3S.ClH/c1-7(14-2)6-15-19(17,18)10-4-8(11(13)16)3-9(12)5-10;/h3-5,7,14-15H,6H2,1-2H3,(H2,13,16);1H. The lowest BCUT2D eigenvalue weighted by Gasteiger charge is -2.12. The fraction of sp³-hybridized carbons (Fsp3) is 0.364. The predicted molar refractivity (Wildman–Crippen MR) is 80.9 cm³/mol. The fourth-order valence-corrected chi connectivity index (χ4v) is 2.78. The first-order chi connectivity index (χ1) is 8.76. The monoisotopic (exact) mass is 341 g/mol. The molecular weight excluding hydrogens is 325 g/mol. The Kier molecular flexibility index (Phi) is 7.46. The number of benzene rings is 1. The zero-order valence-corrected chi connectivity index (χ0v) is 13.4. The van der Waals surface area contributed by atoms with Crippen LogP contribution >= 0.6 is 24.0 Å². The van der Waals surface area contributed by atoms with Gasteiger partial charge in [-0.1, -0.05) is 11.6 Å². The van der Waals surface area contributed by atoms with Gasteiger partial charge in [-0.3, -0.25) is 4.79 Å². The summed E-state index contributed by atoms with van der Waals surface area (Å²) in [4.78, 5) is 11.0. The van der Waals surface area contributed by atoms with Crippen LogP contribution in [0.5, 0.6) is 0 Å². The Hall–Kier alpha value is -0.860. The van der Waals surface area contributed by atoms with E-state index in [-0.39, 0.29) is 40.5 Å². The SMILES string of the molecule is CNC(C)CNS(=O)(=O)c1cc(Cl)cc(C(N)=O)c1.Cl. The van der Waals surface area contributed by atoms with E-state index in [9.17, 15) is 13.2 Å². The molecule has 0 aliphatic carbocycles. The number of halogens is 2. The van der Waals surface area contributed by atoms with Crippen molar-refractivity contribution in [2.45, 2.75) is 17.9 Å². The number of amides is 1. The number of likely N-dealkylation sites (N-methyl/N-ethyl adjacent to an activating group) is 1. The third-order valence-corrected chi connectivity index (χ3v) is 4.16. The molecule has 0 saturated carbocycles. The molecule has 0 aromatic heterocycles. The van der Waals surface area contributed by atoms with Gasteiger partial charge in [-0.2, -0.15) is 0 Å². The first kappa shape index (κ1) is 19.1. The second-order valence-corrected chi connectivity index (χ2v) is 6.28. The van der Waals surface area contributed by atoms with E-state index < -0.39 is 15.9 Å². The van der Waals surface area contributed by atoms with Gasteiger partial charge in [-0.25, -0.2) is 13.1 Å². The highest BCUT2D eigenvalue weighted by Gasteiger charge is 2.17. The van der Waals surface area contributed by atoms with Crippen LogP contribution in [0.1, 0.15) is 17.3 Å². The topological polar surface area (TPSA) is 101 Å². The van der Waals surface area contributed by atoms with Gasteiger partial charge in [0.05, 0.1) is 4.90 Å². The number of carbonyl (C=O) groups excluding carboxylic acids is 1. The van der Waals surface area contributed by atoms with Gasteiger partial charge in [0.15, 0.2) is 0 Å². The number of nitrogens with one attached hydrogen (secondary N) is 2. The van der Waals surface area contributed by atoms with Gasteiger partial charge in [0.1, 0.15) is 0 Å². The average Bonchev–Trinajstić information content (AvgIpc) is 2.35. The summed E-state index contributed by atoms with van der Waals surface area (Å²) >= 11 is 5.78. The number of carbonyl (C=O) groups is 1. The number of hydrogen-bond acceptors (Lipinski definition) is 4. The minimum Gasteiger partial charge on any atom is -0.366 e. The van der Waals surface area contributed by atoms with Crippen molar-refractivity contribution >= 4 is 39.9 Å². The second kappa shape index (κ2) is 7.80. The molecule has 1 aromatic rings. The molecule has 0 saturated heterocycles. The largest absolute Gasteiger partial charge is 0.366 e. The van der Waals surface area contributed by atoms with Crippen molar-refractivity contribution < 1.29 is 13.2 Å². The van der Waals surface area contributed by atoms with E-state index in [4.69, 9.17) is 17.3 Å². The summed E-state index contributed by atoms with van der Waals surface area (Å²) in [5.41, 5.74) is 5.17. The van der Waals surface area contributed by atoms with Gasteiger partial charge < -0.3 is 11.1 Å². The van der Waals surface area contributed by atoms with Gasteiger partial charge in [-0.15, -0.1) is 12.4 Å². The Morgan fingerprint density at radius 2 is 2.00 bits per heavy atom. The molecule has 6 nitrogen and oxygen atoms in total. The van der Waals surface area contributed by atoms with Gasteiger partial charge in [0.2, 0.25) is 15.9 Å². The van der Waals surface area contributed by atoms with Crippen LogP contribution in [0.25, 0.3) is 0 Å². The summed E-state index contributed by atoms with van der Waals surface area (Å²) in [6, 6.07) is 3.75. The summed E-state index contributed by atoms with van der Waals surface area (Å²) in [5, 5.41) is 3.04. The van der Waals surface area contributed by atoms with E-state index in [1.807, 2.05) is 6.92 Å². The number of primary amides is 1. The van der Waals surface area contributed by atoms with Crippen molar-refractivity contribution in [3.63, 3.8) is 0 Å². The number of nitrogens with two attached hydrogens (primary N) is 1. The van der Waals surface area contributed by atoms with Crippen molar-refractivity contribution in [3.8, 4) is 0 Å². The Labute approximate surface area is 129 Å². The maximum atomic E-state index is 12.0. The molecule has 4 N–H and O–H groups in total. The molecule has 0 fully saturated rings. The third kappa shape index (κ3) is 5.26. The van der Waals surface area contributed by atoms with Crippen LogP contribution in [0.2, 0.25) is 5.02 Å². The highest BCUT2D eigenvalue weighted by atomic mass is 35.5. The quantitative estimate of drug-likeness (QED) is 0.710. The van der Waals surface area contributed by atoms with Crippen LogP contribution in [0.15, 0.2) is 23.1 Å².